The van der Waals surface area contributed by atoms with Crippen molar-refractivity contribution in [3.05, 3.63) is 58.7 Å². The van der Waals surface area contributed by atoms with Crippen LogP contribution in [0.3, 0.4) is 0 Å². The summed E-state index contributed by atoms with van der Waals surface area (Å²) in [5.41, 5.74) is 0.850. The Morgan fingerprint density at radius 3 is 2.20 bits per heavy atom. The van der Waals surface area contributed by atoms with Crippen LogP contribution in [0.15, 0.2) is 52.5 Å². The van der Waals surface area contributed by atoms with Gasteiger partial charge in [0.15, 0.2) is 11.5 Å². The van der Waals surface area contributed by atoms with E-state index in [-0.39, 0.29) is 17.0 Å². The predicted octanol–water partition coefficient (Wildman–Crippen LogP) is 2.66. The minimum atomic E-state index is -0.869. The summed E-state index contributed by atoms with van der Waals surface area (Å²) in [6, 6.07) is 6.65. The molecule has 0 aliphatic heterocycles. The van der Waals surface area contributed by atoms with Gasteiger partial charge in [-0.2, -0.15) is 0 Å². The van der Waals surface area contributed by atoms with E-state index in [0.29, 0.717) is 5.56 Å². The molecule has 0 amide bonds. The molecule has 0 aromatic heterocycles. The average molecular weight is 345 g/mol. The van der Waals surface area contributed by atoms with Crippen LogP contribution in [0.5, 0.6) is 0 Å². The van der Waals surface area contributed by atoms with Gasteiger partial charge in [0.05, 0.1) is 18.2 Å². The summed E-state index contributed by atoms with van der Waals surface area (Å²) >= 11 is 0. The van der Waals surface area contributed by atoms with E-state index in [1.807, 2.05) is 6.92 Å². The number of ether oxygens (including phenoxy) is 2. The third kappa shape index (κ3) is 6.06. The average Bonchev–Trinajstić information content (AvgIpc) is 2.56. The fraction of sp³-hybridized carbons (Fsp3) is 0.222. The summed E-state index contributed by atoms with van der Waals surface area (Å²) in [5, 5.41) is 9.43. The molecule has 25 heavy (non-hydrogen) atoms. The van der Waals surface area contributed by atoms with E-state index in [1.165, 1.54) is 13.8 Å². The Kier molecular flexibility index (Phi) is 7.27. The van der Waals surface area contributed by atoms with Crippen molar-refractivity contribution in [2.24, 2.45) is 4.99 Å². The van der Waals surface area contributed by atoms with Gasteiger partial charge in [-0.1, -0.05) is 17.7 Å². The monoisotopic (exact) mass is 345 g/mol. The van der Waals surface area contributed by atoms with Crippen molar-refractivity contribution < 1.29 is 29.0 Å². The highest BCUT2D eigenvalue weighted by atomic mass is 16.5. The minimum absolute atomic E-state index is 0.0836. The number of hydrogen-bond acceptors (Lipinski definition) is 7. The number of carbonyl (C=O) groups excluding carboxylic acids is 3. The van der Waals surface area contributed by atoms with Gasteiger partial charge in [0, 0.05) is 6.21 Å². The van der Waals surface area contributed by atoms with Gasteiger partial charge in [-0.05, 0) is 32.9 Å². The lowest BCUT2D eigenvalue weighted by Crippen LogP contribution is -2.08. The van der Waals surface area contributed by atoms with E-state index in [9.17, 15) is 19.5 Å². The van der Waals surface area contributed by atoms with Crippen molar-refractivity contribution >= 4 is 23.9 Å². The van der Waals surface area contributed by atoms with Gasteiger partial charge >= 0.3 is 11.9 Å². The highest BCUT2D eigenvalue weighted by Crippen LogP contribution is 2.08. The number of carbonyl (C=O) groups is 3. The lowest BCUT2D eigenvalue weighted by molar-refractivity contribution is -0.136. The third-order valence-electron chi connectivity index (χ3n) is 3.06. The molecule has 0 saturated heterocycles. The molecule has 0 aliphatic rings. The molecular weight excluding hydrogens is 326 g/mol. The number of rotatable bonds is 6. The first-order valence-electron chi connectivity index (χ1n) is 7.27. The Labute approximate surface area is 145 Å². The standard InChI is InChI=1S/C18H19NO6/c1-11-5-7-14(8-6-11)17(22)25-10-16(18(23)24-4)19-9-15(12(2)20)13(3)21/h5-10,20H,1-4H3/b15-12+,16-10-,19-9-. The molecule has 1 aromatic carbocycles. The molecule has 1 rings (SSSR count). The maximum absolute atomic E-state index is 12.0. The molecule has 0 fully saturated rings. The molecule has 7 heteroatoms. The van der Waals surface area contributed by atoms with Gasteiger partial charge in [0.2, 0.25) is 0 Å². The fourth-order valence-corrected chi connectivity index (χ4v) is 1.68. The van der Waals surface area contributed by atoms with Crippen molar-refractivity contribution in [3.63, 3.8) is 0 Å². The van der Waals surface area contributed by atoms with Gasteiger partial charge < -0.3 is 14.6 Å². The van der Waals surface area contributed by atoms with Gasteiger partial charge in [-0.15, -0.1) is 0 Å². The molecule has 7 nitrogen and oxygen atoms in total. The second kappa shape index (κ2) is 9.17. The van der Waals surface area contributed by atoms with E-state index in [1.54, 1.807) is 24.3 Å². The number of methoxy groups -OCH3 is 1. The molecule has 1 aromatic rings. The Hall–Kier alpha value is -3.22. The Morgan fingerprint density at radius 1 is 1.12 bits per heavy atom. The number of aliphatic hydroxyl groups is 1. The van der Waals surface area contributed by atoms with Crippen molar-refractivity contribution in [1.29, 1.82) is 0 Å². The highest BCUT2D eigenvalue weighted by molar-refractivity contribution is 6.13. The molecule has 0 saturated carbocycles. The van der Waals surface area contributed by atoms with Crippen LogP contribution in [-0.4, -0.2) is 36.2 Å². The smallest absolute Gasteiger partial charge is 0.359 e. The number of hydrogen-bond donors (Lipinski definition) is 1. The van der Waals surface area contributed by atoms with E-state index in [0.717, 1.165) is 25.1 Å². The predicted molar refractivity (Wildman–Crippen MR) is 91.2 cm³/mol. The van der Waals surface area contributed by atoms with E-state index in [2.05, 4.69) is 9.73 Å². The summed E-state index contributed by atoms with van der Waals surface area (Å²) in [6.07, 6.45) is 1.83. The minimum Gasteiger partial charge on any atom is -0.512 e. The maximum Gasteiger partial charge on any atom is 0.359 e. The van der Waals surface area contributed by atoms with Crippen LogP contribution in [0.2, 0.25) is 0 Å². The number of aryl methyl sites for hydroxylation is 1. The van der Waals surface area contributed by atoms with Gasteiger partial charge in [0.1, 0.15) is 12.0 Å². The number of ketones is 1. The van der Waals surface area contributed by atoms with Crippen LogP contribution in [0.1, 0.15) is 29.8 Å². The topological polar surface area (TPSA) is 102 Å². The first-order valence-corrected chi connectivity index (χ1v) is 7.27. The molecule has 0 aliphatic carbocycles. The van der Waals surface area contributed by atoms with Gasteiger partial charge in [-0.25, -0.2) is 14.6 Å². The molecule has 0 spiro atoms. The summed E-state index contributed by atoms with van der Waals surface area (Å²) in [5.74, 6) is -2.24. The number of aliphatic hydroxyl groups excluding tert-OH is 1. The number of benzene rings is 1. The SMILES string of the molecule is COC(=O)C(=C/OC(=O)c1ccc(C)cc1)/N=C\C(C(C)=O)=C(\C)O. The number of allylic oxidation sites excluding steroid dienone is 2. The van der Waals surface area contributed by atoms with E-state index in [4.69, 9.17) is 4.74 Å². The fourth-order valence-electron chi connectivity index (χ4n) is 1.68. The lowest BCUT2D eigenvalue weighted by Gasteiger charge is -2.03. The van der Waals surface area contributed by atoms with Crippen molar-refractivity contribution in [1.82, 2.24) is 0 Å². The Balaban J connectivity index is 3.02. The first kappa shape index (κ1) is 19.8. The summed E-state index contributed by atoms with van der Waals surface area (Å²) in [6.45, 7) is 4.42. The molecule has 0 bridgehead atoms. The number of Topliss-reactive ketones (excluding diaryl/α,β-unsaturated/α-hetero) is 1. The number of aliphatic imine (C=N–C) groups is 1. The summed E-state index contributed by atoms with van der Waals surface area (Å²) in [4.78, 5) is 38.8. The van der Waals surface area contributed by atoms with Crippen LogP contribution in [0.25, 0.3) is 0 Å². The van der Waals surface area contributed by atoms with Crippen molar-refractivity contribution in [3.8, 4) is 0 Å². The quantitative estimate of drug-likeness (QED) is 0.368. The zero-order valence-electron chi connectivity index (χ0n) is 14.4. The highest BCUT2D eigenvalue weighted by Gasteiger charge is 2.13. The van der Waals surface area contributed by atoms with Gasteiger partial charge in [0.25, 0.3) is 0 Å². The second-order valence-electron chi connectivity index (χ2n) is 5.08. The molecule has 0 heterocycles. The molecule has 0 radical (unpaired) electrons. The van der Waals surface area contributed by atoms with Gasteiger partial charge in [-0.3, -0.25) is 4.79 Å². The molecule has 132 valence electrons. The third-order valence-corrected chi connectivity index (χ3v) is 3.06. The molecule has 0 atom stereocenters. The van der Waals surface area contributed by atoms with Crippen LogP contribution >= 0.6 is 0 Å². The lowest BCUT2D eigenvalue weighted by atomic mass is 10.1. The summed E-state index contributed by atoms with van der Waals surface area (Å²) in [7, 11) is 1.13. The van der Waals surface area contributed by atoms with Crippen LogP contribution in [0.4, 0.5) is 0 Å². The Morgan fingerprint density at radius 2 is 1.72 bits per heavy atom. The molecule has 1 N–H and O–H groups in total. The maximum atomic E-state index is 12.0. The van der Waals surface area contributed by atoms with E-state index < -0.39 is 17.7 Å². The zero-order chi connectivity index (χ0) is 19.0. The van der Waals surface area contributed by atoms with Crippen molar-refractivity contribution in [2.45, 2.75) is 20.8 Å². The number of nitrogens with zero attached hydrogens (tertiary/aromatic N) is 1. The first-order chi connectivity index (χ1) is 11.8. The van der Waals surface area contributed by atoms with Crippen molar-refractivity contribution in [2.75, 3.05) is 7.11 Å². The molecule has 0 unspecified atom stereocenters. The normalized spacial score (nSPS) is 12.6. The van der Waals surface area contributed by atoms with Crippen LogP contribution in [0, 0.1) is 6.92 Å². The largest absolute Gasteiger partial charge is 0.512 e. The zero-order valence-corrected chi connectivity index (χ0v) is 14.4. The second-order valence-corrected chi connectivity index (χ2v) is 5.08. The summed E-state index contributed by atoms with van der Waals surface area (Å²) < 4.78 is 9.47. The number of esters is 2. The van der Waals surface area contributed by atoms with Crippen LogP contribution in [-0.2, 0) is 19.1 Å². The van der Waals surface area contributed by atoms with E-state index >= 15 is 0 Å². The molecular formula is C18H19NO6. The van der Waals surface area contributed by atoms with Crippen LogP contribution < -0.4 is 0 Å². The Bertz CT molecular complexity index is 752.